The highest BCUT2D eigenvalue weighted by Gasteiger charge is 2.37. The van der Waals surface area contributed by atoms with E-state index in [0.717, 1.165) is 37.9 Å². The van der Waals surface area contributed by atoms with Crippen LogP contribution in [-0.4, -0.2) is 44.3 Å². The lowest BCUT2D eigenvalue weighted by atomic mass is 10.1. The zero-order chi connectivity index (χ0) is 15.3. The van der Waals surface area contributed by atoms with Crippen molar-refractivity contribution in [2.24, 2.45) is 0 Å². The zero-order valence-electron chi connectivity index (χ0n) is 12.3. The van der Waals surface area contributed by atoms with Gasteiger partial charge in [0.2, 0.25) is 15.9 Å². The Morgan fingerprint density at radius 2 is 1.86 bits per heavy atom. The van der Waals surface area contributed by atoms with E-state index >= 15 is 0 Å². The van der Waals surface area contributed by atoms with Gasteiger partial charge in [-0.3, -0.25) is 4.79 Å². The first-order valence-corrected chi connectivity index (χ1v) is 9.23. The first-order chi connectivity index (χ1) is 10.6. The van der Waals surface area contributed by atoms with Gasteiger partial charge in [0.1, 0.15) is 6.04 Å². The van der Waals surface area contributed by atoms with Crippen molar-refractivity contribution < 1.29 is 13.2 Å². The molecule has 3 aliphatic rings. The molecule has 0 saturated carbocycles. The summed E-state index contributed by atoms with van der Waals surface area (Å²) in [5.74, 6) is -0.0271. The number of hydrogen-bond acceptors (Lipinski definition) is 4. The normalized spacial score (nSPS) is 25.0. The third-order valence-electron chi connectivity index (χ3n) is 4.79. The van der Waals surface area contributed by atoms with Gasteiger partial charge < -0.3 is 10.2 Å². The van der Waals surface area contributed by atoms with Crippen LogP contribution in [0, 0.1) is 0 Å². The largest absolute Gasteiger partial charge is 0.358 e. The quantitative estimate of drug-likeness (QED) is 0.894. The van der Waals surface area contributed by atoms with Crippen molar-refractivity contribution in [1.82, 2.24) is 4.31 Å². The van der Waals surface area contributed by atoms with E-state index in [0.29, 0.717) is 18.8 Å². The van der Waals surface area contributed by atoms with Gasteiger partial charge >= 0.3 is 0 Å². The van der Waals surface area contributed by atoms with Crippen molar-refractivity contribution in [2.75, 3.05) is 29.9 Å². The van der Waals surface area contributed by atoms with Gasteiger partial charge in [-0.1, -0.05) is 0 Å². The Labute approximate surface area is 130 Å². The molecule has 2 fully saturated rings. The summed E-state index contributed by atoms with van der Waals surface area (Å²) in [6.07, 6.45) is 3.68. The molecule has 3 aliphatic heterocycles. The summed E-state index contributed by atoms with van der Waals surface area (Å²) in [5.41, 5.74) is 1.55. The molecule has 1 atom stereocenters. The van der Waals surface area contributed by atoms with Crippen LogP contribution in [0.15, 0.2) is 23.1 Å². The molecule has 1 amide bonds. The van der Waals surface area contributed by atoms with Crippen LogP contribution < -0.4 is 10.2 Å². The van der Waals surface area contributed by atoms with Crippen molar-refractivity contribution in [3.63, 3.8) is 0 Å². The Morgan fingerprint density at radius 3 is 2.64 bits per heavy atom. The molecule has 2 saturated heterocycles. The number of hydrogen-bond donors (Lipinski definition) is 1. The van der Waals surface area contributed by atoms with E-state index in [1.807, 2.05) is 6.07 Å². The van der Waals surface area contributed by atoms with Crippen molar-refractivity contribution >= 4 is 27.3 Å². The van der Waals surface area contributed by atoms with Crippen LogP contribution in [0.3, 0.4) is 0 Å². The highest BCUT2D eigenvalue weighted by Crippen LogP contribution is 2.38. The molecule has 0 radical (unpaired) electrons. The van der Waals surface area contributed by atoms with Gasteiger partial charge in [0.05, 0.1) is 16.3 Å². The van der Waals surface area contributed by atoms with Gasteiger partial charge in [-0.2, -0.15) is 4.31 Å². The lowest BCUT2D eigenvalue weighted by Crippen LogP contribution is -2.44. The van der Waals surface area contributed by atoms with Gasteiger partial charge in [0, 0.05) is 19.6 Å². The minimum absolute atomic E-state index is 0.0271. The molecule has 1 N–H and O–H groups in total. The Hall–Kier alpha value is -1.60. The number of carbonyl (C=O) groups excluding carboxylic acids is 1. The fraction of sp³-hybridized carbons (Fsp3) is 0.533. The lowest BCUT2D eigenvalue weighted by Gasteiger charge is -2.33. The van der Waals surface area contributed by atoms with Crippen molar-refractivity contribution in [3.8, 4) is 0 Å². The minimum Gasteiger partial charge on any atom is -0.358 e. The molecule has 6 nitrogen and oxygen atoms in total. The third kappa shape index (κ3) is 2.03. The van der Waals surface area contributed by atoms with Gasteiger partial charge in [-0.15, -0.1) is 0 Å². The molecule has 1 aromatic rings. The van der Waals surface area contributed by atoms with Gasteiger partial charge in [0.15, 0.2) is 0 Å². The second-order valence-electron chi connectivity index (χ2n) is 6.13. The zero-order valence-corrected chi connectivity index (χ0v) is 13.1. The summed E-state index contributed by atoms with van der Waals surface area (Å²) in [6, 6.07) is 5.00. The van der Waals surface area contributed by atoms with Crippen molar-refractivity contribution in [2.45, 2.75) is 36.6 Å². The van der Waals surface area contributed by atoms with Crippen LogP contribution in [0.25, 0.3) is 0 Å². The molecule has 3 heterocycles. The highest BCUT2D eigenvalue weighted by molar-refractivity contribution is 7.89. The van der Waals surface area contributed by atoms with E-state index in [2.05, 4.69) is 10.2 Å². The predicted octanol–water partition coefficient (Wildman–Crippen LogP) is 1.39. The fourth-order valence-corrected chi connectivity index (χ4v) is 5.19. The number of sulfonamides is 1. The van der Waals surface area contributed by atoms with Crippen LogP contribution in [0.1, 0.15) is 25.7 Å². The number of amides is 1. The van der Waals surface area contributed by atoms with E-state index in [1.54, 1.807) is 12.1 Å². The van der Waals surface area contributed by atoms with E-state index in [1.165, 1.54) is 4.31 Å². The number of fused-ring (bicyclic) bond motifs is 3. The average molecular weight is 321 g/mol. The van der Waals surface area contributed by atoms with Crippen LogP contribution in [0.4, 0.5) is 11.4 Å². The van der Waals surface area contributed by atoms with Crippen molar-refractivity contribution in [3.05, 3.63) is 18.2 Å². The monoisotopic (exact) mass is 321 g/mol. The molecule has 0 aliphatic carbocycles. The van der Waals surface area contributed by atoms with Gasteiger partial charge in [-0.05, 0) is 43.9 Å². The first kappa shape index (κ1) is 14.0. The van der Waals surface area contributed by atoms with E-state index in [-0.39, 0.29) is 16.8 Å². The van der Waals surface area contributed by atoms with E-state index in [9.17, 15) is 13.2 Å². The molecule has 0 unspecified atom stereocenters. The maximum Gasteiger partial charge on any atom is 0.247 e. The minimum atomic E-state index is -3.45. The summed E-state index contributed by atoms with van der Waals surface area (Å²) in [4.78, 5) is 14.5. The number of nitrogens with zero attached hydrogens (tertiary/aromatic N) is 2. The molecule has 0 spiro atoms. The van der Waals surface area contributed by atoms with Crippen LogP contribution in [0.5, 0.6) is 0 Å². The third-order valence-corrected chi connectivity index (χ3v) is 6.69. The molecule has 7 heteroatoms. The fourth-order valence-electron chi connectivity index (χ4n) is 3.65. The Bertz CT molecular complexity index is 726. The van der Waals surface area contributed by atoms with Gasteiger partial charge in [0.25, 0.3) is 0 Å². The van der Waals surface area contributed by atoms with Crippen molar-refractivity contribution in [1.29, 1.82) is 0 Å². The molecular formula is C15H19N3O3S. The Kier molecular flexibility index (Phi) is 3.16. The first-order valence-electron chi connectivity index (χ1n) is 7.79. The molecule has 1 aromatic carbocycles. The number of nitrogens with one attached hydrogen (secondary N) is 1. The average Bonchev–Trinajstić information content (AvgIpc) is 3.19. The summed E-state index contributed by atoms with van der Waals surface area (Å²) in [6.45, 7) is 2.02. The van der Waals surface area contributed by atoms with E-state index in [4.69, 9.17) is 0 Å². The highest BCUT2D eigenvalue weighted by atomic mass is 32.2. The predicted molar refractivity (Wildman–Crippen MR) is 83.4 cm³/mol. The smallest absolute Gasteiger partial charge is 0.247 e. The lowest BCUT2D eigenvalue weighted by molar-refractivity contribution is -0.117. The molecule has 22 heavy (non-hydrogen) atoms. The van der Waals surface area contributed by atoms with Crippen LogP contribution >= 0.6 is 0 Å². The second-order valence-corrected chi connectivity index (χ2v) is 8.07. The van der Waals surface area contributed by atoms with Crippen LogP contribution in [0.2, 0.25) is 0 Å². The standard InChI is InChI=1S/C15H19N3O3S/c19-15-14-4-3-9-18(14)13-6-5-11(10-12(13)16-15)22(20,21)17-7-1-2-8-17/h5-6,10,14H,1-4,7-9H2,(H,16,19)/t14-/m1/s1. The van der Waals surface area contributed by atoms with E-state index < -0.39 is 10.0 Å². The topological polar surface area (TPSA) is 69.7 Å². The summed E-state index contributed by atoms with van der Waals surface area (Å²) in [7, 11) is -3.45. The molecule has 0 aromatic heterocycles. The number of carbonyl (C=O) groups is 1. The Balaban J connectivity index is 1.73. The van der Waals surface area contributed by atoms with Gasteiger partial charge in [-0.25, -0.2) is 8.42 Å². The summed E-state index contributed by atoms with van der Waals surface area (Å²) in [5, 5.41) is 2.87. The molecule has 0 bridgehead atoms. The molecule has 118 valence electrons. The summed E-state index contributed by atoms with van der Waals surface area (Å²) >= 11 is 0. The number of anilines is 2. The number of rotatable bonds is 2. The maximum absolute atomic E-state index is 12.6. The molecular weight excluding hydrogens is 302 g/mol. The van der Waals surface area contributed by atoms with Crippen LogP contribution in [-0.2, 0) is 14.8 Å². The SMILES string of the molecule is O=C1Nc2cc(S(=O)(=O)N3CCCC3)ccc2N2CCC[C@H]12. The second kappa shape index (κ2) is 4.96. The maximum atomic E-state index is 12.6. The molecule has 4 rings (SSSR count). The number of benzene rings is 1. The Morgan fingerprint density at radius 1 is 1.09 bits per heavy atom. The summed E-state index contributed by atoms with van der Waals surface area (Å²) < 4.78 is 26.8.